The molecule has 6 nitrogen and oxygen atoms in total. The molecule has 1 aromatic heterocycles. The number of hydrogen-bond donors (Lipinski definition) is 1. The summed E-state index contributed by atoms with van der Waals surface area (Å²) in [6, 6.07) is 11.2. The third kappa shape index (κ3) is 5.29. The molecule has 7 heteroatoms. The normalized spacial score (nSPS) is 10.5. The van der Waals surface area contributed by atoms with Gasteiger partial charge in [-0.25, -0.2) is 9.59 Å². The lowest BCUT2D eigenvalue weighted by Gasteiger charge is -2.06. The van der Waals surface area contributed by atoms with Gasteiger partial charge in [0.1, 0.15) is 4.88 Å². The fourth-order valence-electron chi connectivity index (χ4n) is 2.08. The summed E-state index contributed by atoms with van der Waals surface area (Å²) in [4.78, 5) is 36.6. The Balaban J connectivity index is 2.19. The van der Waals surface area contributed by atoms with Gasteiger partial charge in [0.05, 0.1) is 12.3 Å². The van der Waals surface area contributed by atoms with Crippen LogP contribution in [-0.4, -0.2) is 31.1 Å². The van der Waals surface area contributed by atoms with Gasteiger partial charge in [0.15, 0.2) is 6.61 Å². The summed E-state index contributed by atoms with van der Waals surface area (Å²) in [5, 5.41) is 2.61. The zero-order valence-electron chi connectivity index (χ0n) is 14.5. The van der Waals surface area contributed by atoms with Gasteiger partial charge in [0.2, 0.25) is 0 Å². The quantitative estimate of drug-likeness (QED) is 0.592. The molecule has 0 fully saturated rings. The molecule has 0 saturated carbocycles. The van der Waals surface area contributed by atoms with Crippen LogP contribution in [0, 0.1) is 0 Å². The second kappa shape index (κ2) is 9.53. The van der Waals surface area contributed by atoms with Crippen LogP contribution in [0.3, 0.4) is 0 Å². The number of amides is 1. The highest BCUT2D eigenvalue weighted by Gasteiger charge is 2.20. The molecule has 0 radical (unpaired) electrons. The van der Waals surface area contributed by atoms with Crippen molar-refractivity contribution in [3.8, 4) is 10.4 Å². The van der Waals surface area contributed by atoms with Gasteiger partial charge in [0, 0.05) is 11.0 Å². The predicted molar refractivity (Wildman–Crippen MR) is 100 cm³/mol. The Bertz CT molecular complexity index is 811. The number of carbonyl (C=O) groups is 3. The third-order valence-electron chi connectivity index (χ3n) is 3.17. The molecule has 0 aliphatic carbocycles. The van der Waals surface area contributed by atoms with Gasteiger partial charge in [-0.2, -0.15) is 0 Å². The van der Waals surface area contributed by atoms with Crippen LogP contribution in [0.5, 0.6) is 0 Å². The maximum Gasteiger partial charge on any atom is 0.350 e. The molecule has 2 aromatic rings. The number of rotatable bonds is 7. The van der Waals surface area contributed by atoms with E-state index in [1.807, 2.05) is 30.3 Å². The minimum atomic E-state index is -0.608. The van der Waals surface area contributed by atoms with Crippen molar-refractivity contribution >= 4 is 34.9 Å². The first-order valence-corrected chi connectivity index (χ1v) is 8.82. The summed E-state index contributed by atoms with van der Waals surface area (Å²) in [7, 11) is 0. The Morgan fingerprint density at radius 2 is 1.88 bits per heavy atom. The molecular weight excluding hydrogens is 354 g/mol. The van der Waals surface area contributed by atoms with E-state index in [0.717, 1.165) is 10.4 Å². The van der Waals surface area contributed by atoms with Crippen molar-refractivity contribution in [1.29, 1.82) is 0 Å². The second-order valence-electron chi connectivity index (χ2n) is 5.10. The van der Waals surface area contributed by atoms with E-state index in [4.69, 9.17) is 9.47 Å². The lowest BCUT2D eigenvalue weighted by Crippen LogP contribution is -2.21. The first-order chi connectivity index (χ1) is 12.5. The van der Waals surface area contributed by atoms with Crippen molar-refractivity contribution in [2.24, 2.45) is 0 Å². The largest absolute Gasteiger partial charge is 0.462 e. The van der Waals surface area contributed by atoms with Crippen molar-refractivity contribution in [2.45, 2.75) is 13.8 Å². The van der Waals surface area contributed by atoms with E-state index in [9.17, 15) is 14.4 Å². The molecule has 1 N–H and O–H groups in total. The predicted octanol–water partition coefficient (Wildman–Crippen LogP) is 3.65. The van der Waals surface area contributed by atoms with Crippen LogP contribution < -0.4 is 5.32 Å². The summed E-state index contributed by atoms with van der Waals surface area (Å²) in [6.45, 7) is 3.17. The standard InChI is InChI=1S/C19H19NO5S/c1-3-8-17(22)25-12-16(21)20-14-11-15(13-9-6-5-7-10-13)26-18(14)19(23)24-4-2/h3,5-11H,4,12H2,1-2H3,(H,20,21)/b8-3+. The fourth-order valence-corrected chi connectivity index (χ4v) is 3.10. The average molecular weight is 373 g/mol. The van der Waals surface area contributed by atoms with E-state index in [1.165, 1.54) is 23.5 Å². The van der Waals surface area contributed by atoms with Crippen LogP contribution in [-0.2, 0) is 19.1 Å². The van der Waals surface area contributed by atoms with Gasteiger partial charge in [-0.05, 0) is 25.5 Å². The van der Waals surface area contributed by atoms with Gasteiger partial charge in [-0.1, -0.05) is 36.4 Å². The highest BCUT2D eigenvalue weighted by Crippen LogP contribution is 2.35. The monoisotopic (exact) mass is 373 g/mol. The number of nitrogens with one attached hydrogen (secondary N) is 1. The number of ether oxygens (including phenoxy) is 2. The van der Waals surface area contributed by atoms with E-state index < -0.39 is 24.5 Å². The number of esters is 2. The molecule has 0 unspecified atom stereocenters. The van der Waals surface area contributed by atoms with E-state index >= 15 is 0 Å². The maximum atomic E-state index is 12.2. The van der Waals surface area contributed by atoms with E-state index in [1.54, 1.807) is 19.9 Å². The Hall–Kier alpha value is -2.93. The first kappa shape index (κ1) is 19.4. The molecule has 2 rings (SSSR count). The van der Waals surface area contributed by atoms with Crippen molar-refractivity contribution in [2.75, 3.05) is 18.5 Å². The lowest BCUT2D eigenvalue weighted by atomic mass is 10.2. The van der Waals surface area contributed by atoms with Gasteiger partial charge >= 0.3 is 11.9 Å². The SMILES string of the molecule is C/C=C/C(=O)OCC(=O)Nc1cc(-c2ccccc2)sc1C(=O)OCC. The molecule has 0 bridgehead atoms. The highest BCUT2D eigenvalue weighted by atomic mass is 32.1. The minimum Gasteiger partial charge on any atom is -0.462 e. The first-order valence-electron chi connectivity index (χ1n) is 8.00. The van der Waals surface area contributed by atoms with Crippen LogP contribution in [0.15, 0.2) is 48.6 Å². The third-order valence-corrected chi connectivity index (χ3v) is 4.34. The van der Waals surface area contributed by atoms with Gasteiger partial charge in [0.25, 0.3) is 5.91 Å². The molecule has 0 aliphatic rings. The highest BCUT2D eigenvalue weighted by molar-refractivity contribution is 7.18. The number of anilines is 1. The summed E-state index contributed by atoms with van der Waals surface area (Å²) in [5.74, 6) is -1.66. The number of allylic oxidation sites excluding steroid dienone is 1. The van der Waals surface area contributed by atoms with Crippen molar-refractivity contribution < 1.29 is 23.9 Å². The summed E-state index contributed by atoms with van der Waals surface area (Å²) >= 11 is 1.23. The lowest BCUT2D eigenvalue weighted by molar-refractivity contribution is -0.142. The molecule has 0 spiro atoms. The summed E-state index contributed by atoms with van der Waals surface area (Å²) in [5.41, 5.74) is 1.25. The number of hydrogen-bond acceptors (Lipinski definition) is 6. The smallest absolute Gasteiger partial charge is 0.350 e. The fraction of sp³-hybridized carbons (Fsp3) is 0.211. The molecule has 0 saturated heterocycles. The van der Waals surface area contributed by atoms with Gasteiger partial charge in [-0.15, -0.1) is 11.3 Å². The van der Waals surface area contributed by atoms with Gasteiger partial charge < -0.3 is 14.8 Å². The van der Waals surface area contributed by atoms with Crippen LogP contribution in [0.2, 0.25) is 0 Å². The molecule has 136 valence electrons. The minimum absolute atomic E-state index is 0.228. The Kier molecular flexibility index (Phi) is 7.11. The van der Waals surface area contributed by atoms with Crippen LogP contribution >= 0.6 is 11.3 Å². The summed E-state index contributed by atoms with van der Waals surface area (Å²) in [6.07, 6.45) is 2.74. The Morgan fingerprint density at radius 3 is 2.54 bits per heavy atom. The van der Waals surface area contributed by atoms with E-state index in [0.29, 0.717) is 10.6 Å². The molecular formula is C19H19NO5S. The zero-order valence-corrected chi connectivity index (χ0v) is 15.3. The number of carbonyl (C=O) groups excluding carboxylic acids is 3. The average Bonchev–Trinajstić information content (AvgIpc) is 3.05. The van der Waals surface area contributed by atoms with Crippen molar-refractivity contribution in [3.05, 3.63) is 53.4 Å². The summed E-state index contributed by atoms with van der Waals surface area (Å²) < 4.78 is 9.86. The van der Waals surface area contributed by atoms with Gasteiger partial charge in [-0.3, -0.25) is 4.79 Å². The molecule has 1 heterocycles. The van der Waals surface area contributed by atoms with Crippen LogP contribution in [0.4, 0.5) is 5.69 Å². The zero-order chi connectivity index (χ0) is 18.9. The maximum absolute atomic E-state index is 12.2. The molecule has 1 aromatic carbocycles. The second-order valence-corrected chi connectivity index (χ2v) is 6.15. The number of thiophene rings is 1. The van der Waals surface area contributed by atoms with Crippen LogP contribution in [0.1, 0.15) is 23.5 Å². The number of benzene rings is 1. The molecule has 0 atom stereocenters. The van der Waals surface area contributed by atoms with Crippen molar-refractivity contribution in [1.82, 2.24) is 0 Å². The van der Waals surface area contributed by atoms with Crippen LogP contribution in [0.25, 0.3) is 10.4 Å². The Labute approximate surface area is 155 Å². The molecule has 0 aliphatic heterocycles. The topological polar surface area (TPSA) is 81.7 Å². The Morgan fingerprint density at radius 1 is 1.15 bits per heavy atom. The molecule has 1 amide bonds. The van der Waals surface area contributed by atoms with Crippen molar-refractivity contribution in [3.63, 3.8) is 0 Å². The van der Waals surface area contributed by atoms with E-state index in [2.05, 4.69) is 5.32 Å². The molecule has 26 heavy (non-hydrogen) atoms. The van der Waals surface area contributed by atoms with E-state index in [-0.39, 0.29) is 6.61 Å².